The average molecular weight is 297 g/mol. The quantitative estimate of drug-likeness (QED) is 0.874. The van der Waals surface area contributed by atoms with E-state index >= 15 is 0 Å². The van der Waals surface area contributed by atoms with E-state index in [0.717, 1.165) is 5.56 Å². The molecule has 1 N–H and O–H groups in total. The van der Waals surface area contributed by atoms with Gasteiger partial charge < -0.3 is 10.1 Å². The van der Waals surface area contributed by atoms with Crippen molar-refractivity contribution in [2.24, 2.45) is 5.92 Å². The van der Waals surface area contributed by atoms with E-state index in [2.05, 4.69) is 19.2 Å². The van der Waals surface area contributed by atoms with Crippen LogP contribution in [-0.2, 0) is 6.61 Å². The van der Waals surface area contributed by atoms with E-state index in [1.54, 1.807) is 6.07 Å². The molecule has 116 valence electrons. The summed E-state index contributed by atoms with van der Waals surface area (Å²) in [4.78, 5) is 12.4. The third-order valence-electron chi connectivity index (χ3n) is 3.73. The third kappa shape index (κ3) is 4.35. The lowest BCUT2D eigenvalue weighted by molar-refractivity contribution is 0.0926. The van der Waals surface area contributed by atoms with Crippen LogP contribution < -0.4 is 10.1 Å². The van der Waals surface area contributed by atoms with E-state index in [9.17, 15) is 4.79 Å². The predicted molar refractivity (Wildman–Crippen MR) is 89.0 cm³/mol. The van der Waals surface area contributed by atoms with Crippen LogP contribution in [0.5, 0.6) is 5.75 Å². The van der Waals surface area contributed by atoms with E-state index in [0.29, 0.717) is 23.8 Å². The van der Waals surface area contributed by atoms with E-state index in [1.807, 2.05) is 55.5 Å². The largest absolute Gasteiger partial charge is 0.488 e. The minimum absolute atomic E-state index is 0.0927. The van der Waals surface area contributed by atoms with Gasteiger partial charge in [0.25, 0.3) is 5.91 Å². The Kier molecular flexibility index (Phi) is 5.59. The smallest absolute Gasteiger partial charge is 0.255 e. The monoisotopic (exact) mass is 297 g/mol. The summed E-state index contributed by atoms with van der Waals surface area (Å²) in [5.41, 5.74) is 1.65. The maximum atomic E-state index is 12.4. The molecule has 2 aromatic rings. The highest BCUT2D eigenvalue weighted by atomic mass is 16.5. The van der Waals surface area contributed by atoms with Gasteiger partial charge in [-0.1, -0.05) is 56.3 Å². The zero-order valence-corrected chi connectivity index (χ0v) is 13.4. The normalized spacial score (nSPS) is 12.0. The summed E-state index contributed by atoms with van der Waals surface area (Å²) in [5, 5.41) is 3.02. The summed E-state index contributed by atoms with van der Waals surface area (Å²) in [5.74, 6) is 0.908. The van der Waals surface area contributed by atoms with Gasteiger partial charge in [-0.25, -0.2) is 0 Å². The number of nitrogens with one attached hydrogen (secondary N) is 1. The second-order valence-electron chi connectivity index (χ2n) is 5.78. The highest BCUT2D eigenvalue weighted by molar-refractivity contribution is 5.97. The number of carbonyl (C=O) groups is 1. The molecule has 0 radical (unpaired) electrons. The summed E-state index contributed by atoms with van der Waals surface area (Å²) in [6.45, 7) is 6.63. The predicted octanol–water partition coefficient (Wildman–Crippen LogP) is 4.04. The Morgan fingerprint density at radius 2 is 1.64 bits per heavy atom. The molecule has 3 nitrogen and oxygen atoms in total. The van der Waals surface area contributed by atoms with E-state index in [1.165, 1.54) is 0 Å². The van der Waals surface area contributed by atoms with Gasteiger partial charge in [0.15, 0.2) is 0 Å². The van der Waals surface area contributed by atoms with Crippen molar-refractivity contribution in [2.75, 3.05) is 0 Å². The molecule has 0 unspecified atom stereocenters. The van der Waals surface area contributed by atoms with Crippen LogP contribution in [0.1, 0.15) is 36.7 Å². The summed E-state index contributed by atoms with van der Waals surface area (Å²) >= 11 is 0. The highest BCUT2D eigenvalue weighted by Gasteiger charge is 2.16. The summed E-state index contributed by atoms with van der Waals surface area (Å²) in [7, 11) is 0. The molecule has 3 heteroatoms. The molecule has 2 aromatic carbocycles. The number of benzene rings is 2. The molecule has 0 heterocycles. The van der Waals surface area contributed by atoms with E-state index in [4.69, 9.17) is 4.74 Å². The molecule has 0 spiro atoms. The molecule has 1 amide bonds. The Hall–Kier alpha value is -2.29. The molecule has 0 saturated heterocycles. The first-order chi connectivity index (χ1) is 10.6. The average Bonchev–Trinajstić information content (AvgIpc) is 2.54. The Bertz CT molecular complexity index is 608. The first-order valence-electron chi connectivity index (χ1n) is 7.64. The number of rotatable bonds is 6. The maximum Gasteiger partial charge on any atom is 0.255 e. The van der Waals surface area contributed by atoms with Crippen molar-refractivity contribution < 1.29 is 9.53 Å². The molecular weight excluding hydrogens is 274 g/mol. The van der Waals surface area contributed by atoms with E-state index in [-0.39, 0.29) is 11.9 Å². The zero-order valence-electron chi connectivity index (χ0n) is 13.4. The van der Waals surface area contributed by atoms with Crippen molar-refractivity contribution in [1.82, 2.24) is 5.32 Å². The van der Waals surface area contributed by atoms with Crippen LogP contribution in [0.3, 0.4) is 0 Å². The molecule has 0 aliphatic heterocycles. The molecule has 0 bridgehead atoms. The second-order valence-corrected chi connectivity index (χ2v) is 5.78. The first kappa shape index (κ1) is 16.1. The topological polar surface area (TPSA) is 38.3 Å². The number of ether oxygens (including phenoxy) is 1. The molecule has 0 fully saturated rings. The number of hydrogen-bond donors (Lipinski definition) is 1. The van der Waals surface area contributed by atoms with E-state index < -0.39 is 0 Å². The number of carbonyl (C=O) groups excluding carboxylic acids is 1. The SMILES string of the molecule is CC(C)[C@H](C)NC(=O)c1ccccc1OCc1ccccc1. The number of amides is 1. The lowest BCUT2D eigenvalue weighted by Gasteiger charge is -2.18. The van der Waals surface area contributed by atoms with Crippen molar-refractivity contribution >= 4 is 5.91 Å². The fraction of sp³-hybridized carbons (Fsp3) is 0.316. The third-order valence-corrected chi connectivity index (χ3v) is 3.73. The Labute approximate surface area is 132 Å². The molecule has 0 saturated carbocycles. The molecule has 0 aliphatic carbocycles. The summed E-state index contributed by atoms with van der Waals surface area (Å²) < 4.78 is 5.83. The van der Waals surface area contributed by atoms with Crippen LogP contribution in [0, 0.1) is 5.92 Å². The van der Waals surface area contributed by atoms with Crippen LogP contribution in [0.2, 0.25) is 0 Å². The lowest BCUT2D eigenvalue weighted by atomic mass is 10.1. The Balaban J connectivity index is 2.08. The molecular formula is C19H23NO2. The van der Waals surface area contributed by atoms with Crippen molar-refractivity contribution in [1.29, 1.82) is 0 Å². The van der Waals surface area contributed by atoms with Gasteiger partial charge in [0, 0.05) is 6.04 Å². The molecule has 2 rings (SSSR count). The lowest BCUT2D eigenvalue weighted by Crippen LogP contribution is -2.36. The van der Waals surface area contributed by atoms with Crippen LogP contribution >= 0.6 is 0 Å². The molecule has 0 aliphatic rings. The fourth-order valence-electron chi connectivity index (χ4n) is 1.97. The van der Waals surface area contributed by atoms with Gasteiger partial charge in [-0.15, -0.1) is 0 Å². The van der Waals surface area contributed by atoms with Gasteiger partial charge in [0.05, 0.1) is 5.56 Å². The van der Waals surface area contributed by atoms with Crippen molar-refractivity contribution in [3.63, 3.8) is 0 Å². The van der Waals surface area contributed by atoms with Crippen LogP contribution in [0.15, 0.2) is 54.6 Å². The summed E-state index contributed by atoms with van der Waals surface area (Å²) in [6.07, 6.45) is 0. The highest BCUT2D eigenvalue weighted by Crippen LogP contribution is 2.20. The minimum Gasteiger partial charge on any atom is -0.488 e. The second kappa shape index (κ2) is 7.64. The standard InChI is InChI=1S/C19H23NO2/c1-14(2)15(3)20-19(21)17-11-7-8-12-18(17)22-13-16-9-5-4-6-10-16/h4-12,14-15H,13H2,1-3H3,(H,20,21)/t15-/m0/s1. The molecule has 22 heavy (non-hydrogen) atoms. The molecule has 1 atom stereocenters. The zero-order chi connectivity index (χ0) is 15.9. The van der Waals surface area contributed by atoms with Gasteiger partial charge in [-0.05, 0) is 30.5 Å². The van der Waals surface area contributed by atoms with Crippen LogP contribution in [0.4, 0.5) is 0 Å². The summed E-state index contributed by atoms with van der Waals surface area (Å²) in [6, 6.07) is 17.4. The number of hydrogen-bond acceptors (Lipinski definition) is 2. The minimum atomic E-state index is -0.0927. The van der Waals surface area contributed by atoms with Gasteiger partial charge >= 0.3 is 0 Å². The maximum absolute atomic E-state index is 12.4. The Morgan fingerprint density at radius 1 is 1.00 bits per heavy atom. The van der Waals surface area contributed by atoms with Gasteiger partial charge in [0.1, 0.15) is 12.4 Å². The van der Waals surface area contributed by atoms with Crippen LogP contribution in [0.25, 0.3) is 0 Å². The van der Waals surface area contributed by atoms with Gasteiger partial charge in [0.2, 0.25) is 0 Å². The Morgan fingerprint density at radius 3 is 2.32 bits per heavy atom. The van der Waals surface area contributed by atoms with Crippen LogP contribution in [-0.4, -0.2) is 11.9 Å². The molecule has 0 aromatic heterocycles. The van der Waals surface area contributed by atoms with Crippen molar-refractivity contribution in [2.45, 2.75) is 33.4 Å². The van der Waals surface area contributed by atoms with Crippen molar-refractivity contribution in [3.8, 4) is 5.75 Å². The number of para-hydroxylation sites is 1. The fourth-order valence-corrected chi connectivity index (χ4v) is 1.97. The van der Waals surface area contributed by atoms with Gasteiger partial charge in [-0.2, -0.15) is 0 Å². The first-order valence-corrected chi connectivity index (χ1v) is 7.64. The van der Waals surface area contributed by atoms with Gasteiger partial charge in [-0.3, -0.25) is 4.79 Å². The van der Waals surface area contributed by atoms with Crippen molar-refractivity contribution in [3.05, 3.63) is 65.7 Å².